The van der Waals surface area contributed by atoms with Crippen molar-refractivity contribution in [2.45, 2.75) is 33.4 Å². The van der Waals surface area contributed by atoms with Gasteiger partial charge in [-0.25, -0.2) is 0 Å². The van der Waals surface area contributed by atoms with Crippen LogP contribution in [-0.4, -0.2) is 40.2 Å². The summed E-state index contributed by atoms with van der Waals surface area (Å²) in [5.41, 5.74) is 0.941. The highest BCUT2D eigenvalue weighted by Crippen LogP contribution is 2.19. The zero-order chi connectivity index (χ0) is 15.2. The number of carbonyl (C=O) groups is 1. The summed E-state index contributed by atoms with van der Waals surface area (Å²) < 4.78 is 10.2. The van der Waals surface area contributed by atoms with E-state index in [-0.39, 0.29) is 18.6 Å². The SMILES string of the molecule is CCOC(=O)CN(Cc1nc(-c2ccsc2)no1)C(C)C. The Bertz CT molecular complexity index is 566. The molecule has 0 radical (unpaired) electrons. The van der Waals surface area contributed by atoms with Crippen LogP contribution in [0.5, 0.6) is 0 Å². The Labute approximate surface area is 127 Å². The smallest absolute Gasteiger partial charge is 0.320 e. The maximum atomic E-state index is 11.6. The highest BCUT2D eigenvalue weighted by Gasteiger charge is 2.19. The number of hydrogen-bond acceptors (Lipinski definition) is 7. The second-order valence-electron chi connectivity index (χ2n) is 4.83. The van der Waals surface area contributed by atoms with Crippen LogP contribution in [0.2, 0.25) is 0 Å². The van der Waals surface area contributed by atoms with Gasteiger partial charge in [-0.1, -0.05) is 5.16 Å². The molecule has 0 N–H and O–H groups in total. The van der Waals surface area contributed by atoms with Gasteiger partial charge in [-0.15, -0.1) is 0 Å². The summed E-state index contributed by atoms with van der Waals surface area (Å²) in [6, 6.07) is 2.11. The van der Waals surface area contributed by atoms with E-state index in [4.69, 9.17) is 9.26 Å². The Hall–Kier alpha value is -1.73. The number of nitrogens with zero attached hydrogens (tertiary/aromatic N) is 3. The van der Waals surface area contributed by atoms with Crippen molar-refractivity contribution in [1.82, 2.24) is 15.0 Å². The third kappa shape index (κ3) is 4.37. The first-order valence-corrected chi connectivity index (χ1v) is 7.79. The van der Waals surface area contributed by atoms with E-state index in [0.717, 1.165) is 5.56 Å². The van der Waals surface area contributed by atoms with Gasteiger partial charge in [-0.05, 0) is 32.2 Å². The van der Waals surface area contributed by atoms with Gasteiger partial charge >= 0.3 is 5.97 Å². The summed E-state index contributed by atoms with van der Waals surface area (Å²) >= 11 is 1.58. The average molecular weight is 309 g/mol. The van der Waals surface area contributed by atoms with Crippen molar-refractivity contribution in [2.75, 3.05) is 13.2 Å². The van der Waals surface area contributed by atoms with E-state index in [1.54, 1.807) is 18.3 Å². The first-order chi connectivity index (χ1) is 10.1. The molecule has 2 heterocycles. The summed E-state index contributed by atoms with van der Waals surface area (Å²) in [4.78, 5) is 17.9. The third-order valence-electron chi connectivity index (χ3n) is 2.95. The molecule has 2 aromatic rings. The van der Waals surface area contributed by atoms with Crippen LogP contribution in [0.4, 0.5) is 0 Å². The molecule has 21 heavy (non-hydrogen) atoms. The zero-order valence-corrected chi connectivity index (χ0v) is 13.2. The molecule has 0 saturated carbocycles. The van der Waals surface area contributed by atoms with Crippen molar-refractivity contribution < 1.29 is 14.1 Å². The average Bonchev–Trinajstić information content (AvgIpc) is 3.08. The molecule has 2 aromatic heterocycles. The molecule has 0 fully saturated rings. The topological polar surface area (TPSA) is 68.5 Å². The number of carbonyl (C=O) groups excluding carboxylic acids is 1. The molecule has 0 spiro atoms. The molecule has 2 rings (SSSR count). The van der Waals surface area contributed by atoms with Gasteiger partial charge in [0.25, 0.3) is 0 Å². The minimum atomic E-state index is -0.247. The molecule has 0 aromatic carbocycles. The lowest BCUT2D eigenvalue weighted by Gasteiger charge is -2.23. The molecule has 0 aliphatic heterocycles. The van der Waals surface area contributed by atoms with Gasteiger partial charge in [0, 0.05) is 17.0 Å². The minimum Gasteiger partial charge on any atom is -0.465 e. The summed E-state index contributed by atoms with van der Waals surface area (Å²) in [5, 5.41) is 7.89. The molecule has 0 amide bonds. The molecule has 0 aliphatic carbocycles. The lowest BCUT2D eigenvalue weighted by Crippen LogP contribution is -2.36. The van der Waals surface area contributed by atoms with Gasteiger partial charge in [0.2, 0.25) is 11.7 Å². The normalized spacial score (nSPS) is 11.3. The standard InChI is InChI=1S/C14H19N3O3S/c1-4-19-13(18)8-17(10(2)3)7-12-15-14(16-20-12)11-5-6-21-9-11/h5-6,9-10H,4,7-8H2,1-3H3. The predicted octanol–water partition coefficient (Wildman–Crippen LogP) is 2.57. The summed E-state index contributed by atoms with van der Waals surface area (Å²) in [6.07, 6.45) is 0. The van der Waals surface area contributed by atoms with Crippen LogP contribution in [0.3, 0.4) is 0 Å². The van der Waals surface area contributed by atoms with Crippen molar-refractivity contribution >= 4 is 17.3 Å². The molecule has 0 saturated heterocycles. The Morgan fingerprint density at radius 1 is 1.52 bits per heavy atom. The maximum absolute atomic E-state index is 11.6. The first-order valence-electron chi connectivity index (χ1n) is 6.85. The fourth-order valence-electron chi connectivity index (χ4n) is 1.80. The highest BCUT2D eigenvalue weighted by atomic mass is 32.1. The van der Waals surface area contributed by atoms with Crippen LogP contribution in [0.15, 0.2) is 21.3 Å². The second kappa shape index (κ2) is 7.33. The number of aromatic nitrogens is 2. The molecule has 7 heteroatoms. The van der Waals surface area contributed by atoms with E-state index in [2.05, 4.69) is 10.1 Å². The maximum Gasteiger partial charge on any atom is 0.320 e. The van der Waals surface area contributed by atoms with E-state index in [0.29, 0.717) is 24.9 Å². The second-order valence-corrected chi connectivity index (χ2v) is 5.61. The number of thiophene rings is 1. The number of rotatable bonds is 7. The van der Waals surface area contributed by atoms with Gasteiger partial charge in [0.15, 0.2) is 0 Å². The Balaban J connectivity index is 2.02. The molecular formula is C14H19N3O3S. The fourth-order valence-corrected chi connectivity index (χ4v) is 2.43. The molecule has 0 atom stereocenters. The molecule has 0 aliphatic rings. The van der Waals surface area contributed by atoms with Crippen LogP contribution in [0.25, 0.3) is 11.4 Å². The van der Waals surface area contributed by atoms with Crippen LogP contribution < -0.4 is 0 Å². The van der Waals surface area contributed by atoms with E-state index in [9.17, 15) is 4.79 Å². The third-order valence-corrected chi connectivity index (χ3v) is 3.64. The van der Waals surface area contributed by atoms with Crippen molar-refractivity contribution in [3.63, 3.8) is 0 Å². The van der Waals surface area contributed by atoms with Crippen molar-refractivity contribution in [1.29, 1.82) is 0 Å². The number of esters is 1. The van der Waals surface area contributed by atoms with Crippen molar-refractivity contribution in [3.05, 3.63) is 22.7 Å². The van der Waals surface area contributed by atoms with Gasteiger partial charge in [-0.2, -0.15) is 16.3 Å². The van der Waals surface area contributed by atoms with Crippen LogP contribution >= 0.6 is 11.3 Å². The summed E-state index contributed by atoms with van der Waals surface area (Å²) in [5.74, 6) is 0.823. The van der Waals surface area contributed by atoms with Crippen LogP contribution in [0, 0.1) is 0 Å². The molecule has 6 nitrogen and oxygen atoms in total. The predicted molar refractivity (Wildman–Crippen MR) is 79.8 cm³/mol. The molecule has 0 unspecified atom stereocenters. The van der Waals surface area contributed by atoms with Gasteiger partial charge in [0.1, 0.15) is 0 Å². The van der Waals surface area contributed by atoms with E-state index in [1.807, 2.05) is 35.6 Å². The molecular weight excluding hydrogens is 290 g/mol. The van der Waals surface area contributed by atoms with Gasteiger partial charge in [0.05, 0.1) is 19.7 Å². The number of ether oxygens (including phenoxy) is 1. The molecule has 114 valence electrons. The van der Waals surface area contributed by atoms with E-state index in [1.165, 1.54) is 0 Å². The van der Waals surface area contributed by atoms with Gasteiger partial charge in [-0.3, -0.25) is 9.69 Å². The summed E-state index contributed by atoms with van der Waals surface area (Å²) in [6.45, 7) is 6.83. The first kappa shape index (κ1) is 15.7. The largest absolute Gasteiger partial charge is 0.465 e. The van der Waals surface area contributed by atoms with E-state index >= 15 is 0 Å². The zero-order valence-electron chi connectivity index (χ0n) is 12.4. The Kier molecular flexibility index (Phi) is 5.46. The lowest BCUT2D eigenvalue weighted by atomic mass is 10.3. The molecule has 0 bridgehead atoms. The monoisotopic (exact) mass is 309 g/mol. The van der Waals surface area contributed by atoms with Crippen molar-refractivity contribution in [3.8, 4) is 11.4 Å². The fraction of sp³-hybridized carbons (Fsp3) is 0.500. The Morgan fingerprint density at radius 3 is 2.95 bits per heavy atom. The quantitative estimate of drug-likeness (QED) is 0.732. The van der Waals surface area contributed by atoms with Crippen LogP contribution in [0.1, 0.15) is 26.7 Å². The number of hydrogen-bond donors (Lipinski definition) is 0. The minimum absolute atomic E-state index is 0.172. The lowest BCUT2D eigenvalue weighted by molar-refractivity contribution is -0.145. The van der Waals surface area contributed by atoms with E-state index < -0.39 is 0 Å². The van der Waals surface area contributed by atoms with Crippen molar-refractivity contribution in [2.24, 2.45) is 0 Å². The highest BCUT2D eigenvalue weighted by molar-refractivity contribution is 7.08. The Morgan fingerprint density at radius 2 is 2.33 bits per heavy atom. The van der Waals surface area contributed by atoms with Gasteiger partial charge < -0.3 is 9.26 Å². The van der Waals surface area contributed by atoms with Crippen LogP contribution in [-0.2, 0) is 16.1 Å². The summed E-state index contributed by atoms with van der Waals surface area (Å²) in [7, 11) is 0.